The SMILES string of the molecule is CCNC(=NCc1ccc(F)cc1C(F)(F)F)NCc1cccc(C)n1.I. The zero-order valence-electron chi connectivity index (χ0n) is 14.9. The molecule has 2 N–H and O–H groups in total. The quantitative estimate of drug-likeness (QED) is 0.279. The van der Waals surface area contributed by atoms with Gasteiger partial charge in [0.2, 0.25) is 0 Å². The number of aliphatic imine (C=N–C) groups is 1. The lowest BCUT2D eigenvalue weighted by atomic mass is 10.1. The van der Waals surface area contributed by atoms with E-state index in [1.54, 1.807) is 0 Å². The Balaban J connectivity index is 0.00000364. The Kier molecular flexibility index (Phi) is 8.94. The van der Waals surface area contributed by atoms with E-state index in [4.69, 9.17) is 0 Å². The monoisotopic (exact) mass is 496 g/mol. The van der Waals surface area contributed by atoms with Gasteiger partial charge in [0.15, 0.2) is 5.96 Å². The van der Waals surface area contributed by atoms with Crippen molar-refractivity contribution >= 4 is 29.9 Å². The molecule has 0 radical (unpaired) electrons. The molecule has 0 aliphatic carbocycles. The number of hydrogen-bond acceptors (Lipinski definition) is 2. The molecule has 0 saturated heterocycles. The molecule has 1 heterocycles. The number of halogens is 5. The molecule has 0 bridgehead atoms. The predicted molar refractivity (Wildman–Crippen MR) is 107 cm³/mol. The van der Waals surface area contributed by atoms with Crippen molar-refractivity contribution < 1.29 is 17.6 Å². The minimum Gasteiger partial charge on any atom is -0.357 e. The van der Waals surface area contributed by atoms with Gasteiger partial charge in [0.25, 0.3) is 0 Å². The maximum absolute atomic E-state index is 13.2. The molecular weight excluding hydrogens is 475 g/mol. The second kappa shape index (κ2) is 10.4. The molecule has 0 unspecified atom stereocenters. The number of nitrogens with zero attached hydrogens (tertiary/aromatic N) is 2. The summed E-state index contributed by atoms with van der Waals surface area (Å²) in [6.45, 7) is 4.41. The average Bonchev–Trinajstić information content (AvgIpc) is 2.57. The largest absolute Gasteiger partial charge is 0.416 e. The van der Waals surface area contributed by atoms with E-state index in [1.807, 2.05) is 32.0 Å². The van der Waals surface area contributed by atoms with Crippen molar-refractivity contribution in [3.05, 3.63) is 64.7 Å². The van der Waals surface area contributed by atoms with E-state index in [9.17, 15) is 17.6 Å². The number of aryl methyl sites for hydroxylation is 1. The Morgan fingerprint density at radius 2 is 1.89 bits per heavy atom. The molecule has 27 heavy (non-hydrogen) atoms. The van der Waals surface area contributed by atoms with E-state index < -0.39 is 17.6 Å². The Morgan fingerprint density at radius 1 is 1.15 bits per heavy atom. The molecule has 0 atom stereocenters. The number of pyridine rings is 1. The fraction of sp³-hybridized carbons (Fsp3) is 0.333. The molecule has 0 fully saturated rings. The Morgan fingerprint density at radius 3 is 2.52 bits per heavy atom. The Hall–Kier alpha value is -1.91. The summed E-state index contributed by atoms with van der Waals surface area (Å²) in [6.07, 6.45) is -4.63. The number of guanidine groups is 1. The van der Waals surface area contributed by atoms with Crippen LogP contribution >= 0.6 is 24.0 Å². The fourth-order valence-electron chi connectivity index (χ4n) is 2.33. The molecule has 0 amide bonds. The Labute approximate surface area is 172 Å². The van der Waals surface area contributed by atoms with Crippen molar-refractivity contribution in [3.8, 4) is 0 Å². The first-order valence-electron chi connectivity index (χ1n) is 8.10. The van der Waals surface area contributed by atoms with Gasteiger partial charge in [-0.15, -0.1) is 24.0 Å². The summed E-state index contributed by atoms with van der Waals surface area (Å²) in [7, 11) is 0. The standard InChI is InChI=1S/C18H20F4N4.HI/c1-3-23-17(25-11-15-6-4-5-12(2)26-15)24-10-13-7-8-14(19)9-16(13)18(20,21)22;/h4-9H,3,10-11H2,1-2H3,(H2,23,24,25);1H. The van der Waals surface area contributed by atoms with Crippen LogP contribution in [-0.4, -0.2) is 17.5 Å². The van der Waals surface area contributed by atoms with E-state index in [-0.39, 0.29) is 36.1 Å². The number of alkyl halides is 3. The number of nitrogens with one attached hydrogen (secondary N) is 2. The van der Waals surface area contributed by atoms with Gasteiger partial charge in [-0.25, -0.2) is 9.38 Å². The lowest BCUT2D eigenvalue weighted by molar-refractivity contribution is -0.138. The van der Waals surface area contributed by atoms with Crippen LogP contribution in [0.3, 0.4) is 0 Å². The van der Waals surface area contributed by atoms with Gasteiger partial charge in [-0.3, -0.25) is 4.98 Å². The van der Waals surface area contributed by atoms with Crippen molar-refractivity contribution in [1.29, 1.82) is 0 Å². The normalized spacial score (nSPS) is 11.7. The molecule has 2 aromatic rings. The number of hydrogen-bond donors (Lipinski definition) is 2. The van der Waals surface area contributed by atoms with Crippen LogP contribution in [0.4, 0.5) is 17.6 Å². The molecule has 148 valence electrons. The van der Waals surface area contributed by atoms with Gasteiger partial charge in [-0.05, 0) is 43.7 Å². The van der Waals surface area contributed by atoms with Crippen molar-refractivity contribution in [2.45, 2.75) is 33.1 Å². The van der Waals surface area contributed by atoms with Crippen molar-refractivity contribution in [3.63, 3.8) is 0 Å². The van der Waals surface area contributed by atoms with E-state index in [0.717, 1.165) is 23.5 Å². The summed E-state index contributed by atoms with van der Waals surface area (Å²) in [5.41, 5.74) is 0.544. The molecular formula is C18H21F4IN4. The zero-order valence-corrected chi connectivity index (χ0v) is 17.2. The van der Waals surface area contributed by atoms with E-state index in [0.29, 0.717) is 25.1 Å². The van der Waals surface area contributed by atoms with Crippen LogP contribution in [-0.2, 0) is 19.3 Å². The minimum atomic E-state index is -4.63. The fourth-order valence-corrected chi connectivity index (χ4v) is 2.33. The summed E-state index contributed by atoms with van der Waals surface area (Å²) in [4.78, 5) is 8.51. The first-order valence-corrected chi connectivity index (χ1v) is 8.10. The van der Waals surface area contributed by atoms with Crippen LogP contribution in [0.2, 0.25) is 0 Å². The second-order valence-corrected chi connectivity index (χ2v) is 5.62. The molecule has 2 rings (SSSR count). The van der Waals surface area contributed by atoms with Crippen molar-refractivity contribution in [2.24, 2.45) is 4.99 Å². The summed E-state index contributed by atoms with van der Waals surface area (Å²) in [5.74, 6) is -0.575. The van der Waals surface area contributed by atoms with Crippen LogP contribution < -0.4 is 10.6 Å². The third-order valence-electron chi connectivity index (χ3n) is 3.51. The van der Waals surface area contributed by atoms with Crippen LogP contribution in [0, 0.1) is 12.7 Å². The second-order valence-electron chi connectivity index (χ2n) is 5.62. The molecule has 1 aromatic heterocycles. The maximum Gasteiger partial charge on any atom is 0.416 e. The van der Waals surface area contributed by atoms with Crippen LogP contribution in [0.15, 0.2) is 41.4 Å². The summed E-state index contributed by atoms with van der Waals surface area (Å²) >= 11 is 0. The number of benzene rings is 1. The minimum absolute atomic E-state index is 0. The first-order chi connectivity index (χ1) is 12.3. The van der Waals surface area contributed by atoms with E-state index >= 15 is 0 Å². The number of aromatic nitrogens is 1. The van der Waals surface area contributed by atoms with Crippen LogP contribution in [0.1, 0.15) is 29.4 Å². The smallest absolute Gasteiger partial charge is 0.357 e. The van der Waals surface area contributed by atoms with Crippen molar-refractivity contribution in [2.75, 3.05) is 6.54 Å². The summed E-state index contributed by atoms with van der Waals surface area (Å²) < 4.78 is 52.3. The van der Waals surface area contributed by atoms with E-state index in [1.165, 1.54) is 0 Å². The lowest BCUT2D eigenvalue weighted by Crippen LogP contribution is -2.37. The highest BCUT2D eigenvalue weighted by atomic mass is 127. The molecule has 0 spiro atoms. The van der Waals surface area contributed by atoms with Gasteiger partial charge in [-0.1, -0.05) is 12.1 Å². The van der Waals surface area contributed by atoms with Crippen LogP contribution in [0.5, 0.6) is 0 Å². The maximum atomic E-state index is 13.2. The van der Waals surface area contributed by atoms with Gasteiger partial charge in [-0.2, -0.15) is 13.2 Å². The highest BCUT2D eigenvalue weighted by Crippen LogP contribution is 2.32. The van der Waals surface area contributed by atoms with Gasteiger partial charge in [0.05, 0.1) is 24.3 Å². The third kappa shape index (κ3) is 7.31. The lowest BCUT2D eigenvalue weighted by Gasteiger charge is -2.14. The first kappa shape index (κ1) is 23.1. The Bertz CT molecular complexity index is 778. The van der Waals surface area contributed by atoms with Crippen LogP contribution in [0.25, 0.3) is 0 Å². The van der Waals surface area contributed by atoms with Crippen molar-refractivity contribution in [1.82, 2.24) is 15.6 Å². The summed E-state index contributed by atoms with van der Waals surface area (Å²) in [5, 5.41) is 5.99. The molecule has 0 saturated carbocycles. The third-order valence-corrected chi connectivity index (χ3v) is 3.51. The highest BCUT2D eigenvalue weighted by Gasteiger charge is 2.33. The summed E-state index contributed by atoms with van der Waals surface area (Å²) in [6, 6.07) is 8.17. The zero-order chi connectivity index (χ0) is 19.2. The van der Waals surface area contributed by atoms with E-state index in [2.05, 4.69) is 20.6 Å². The molecule has 0 aliphatic rings. The molecule has 9 heteroatoms. The molecule has 1 aromatic carbocycles. The van der Waals surface area contributed by atoms with Gasteiger partial charge >= 0.3 is 6.18 Å². The topological polar surface area (TPSA) is 49.3 Å². The van der Waals surface area contributed by atoms with Gasteiger partial charge < -0.3 is 10.6 Å². The van der Waals surface area contributed by atoms with Gasteiger partial charge in [0, 0.05) is 12.2 Å². The molecule has 0 aliphatic heterocycles. The predicted octanol–water partition coefficient (Wildman–Crippen LogP) is 4.42. The molecule has 4 nitrogen and oxygen atoms in total. The van der Waals surface area contributed by atoms with Gasteiger partial charge in [0.1, 0.15) is 5.82 Å². The highest BCUT2D eigenvalue weighted by molar-refractivity contribution is 14.0. The number of rotatable bonds is 5. The average molecular weight is 496 g/mol.